The number of aromatic nitrogens is 3. The van der Waals surface area contributed by atoms with E-state index in [1.165, 1.54) is 27.5 Å². The number of nitrogens with zero attached hydrogens (tertiary/aromatic N) is 4. The van der Waals surface area contributed by atoms with Crippen molar-refractivity contribution in [2.45, 2.75) is 37.4 Å². The Labute approximate surface area is 202 Å². The Morgan fingerprint density at radius 3 is 2.74 bits per heavy atom. The lowest BCUT2D eigenvalue weighted by Crippen LogP contribution is -2.34. The van der Waals surface area contributed by atoms with Crippen LogP contribution in [0.1, 0.15) is 35.6 Å². The van der Waals surface area contributed by atoms with Gasteiger partial charge < -0.3 is 4.90 Å². The summed E-state index contributed by atoms with van der Waals surface area (Å²) < 4.78 is 1.51. The zero-order valence-corrected chi connectivity index (χ0v) is 20.1. The van der Waals surface area contributed by atoms with E-state index in [0.29, 0.717) is 21.9 Å². The number of hydrogen-bond acceptors (Lipinski definition) is 5. The number of thioether (sulfide) groups is 1. The molecule has 2 aromatic heterocycles. The predicted molar refractivity (Wildman–Crippen MR) is 135 cm³/mol. The number of pyridine rings is 1. The summed E-state index contributed by atoms with van der Waals surface area (Å²) in [6, 6.07) is 19.4. The molecule has 1 aliphatic carbocycles. The lowest BCUT2D eigenvalue weighted by atomic mass is 9.87. The maximum absolute atomic E-state index is 13.4. The molecule has 2 aromatic carbocycles. The van der Waals surface area contributed by atoms with Gasteiger partial charge in [-0.25, -0.2) is 14.5 Å². The van der Waals surface area contributed by atoms with Crippen LogP contribution in [0, 0.1) is 6.92 Å². The molecule has 34 heavy (non-hydrogen) atoms. The van der Waals surface area contributed by atoms with Gasteiger partial charge in [-0.15, -0.1) is 0 Å². The van der Waals surface area contributed by atoms with Crippen molar-refractivity contribution in [2.75, 3.05) is 12.8 Å². The Kier molecular flexibility index (Phi) is 6.20. The molecular formula is C27H26N4O2S. The monoisotopic (exact) mass is 470 g/mol. The third kappa shape index (κ3) is 4.23. The maximum Gasteiger partial charge on any atom is 0.267 e. The van der Waals surface area contributed by atoms with Crippen LogP contribution in [-0.2, 0) is 11.2 Å². The number of rotatable bonds is 5. The Morgan fingerprint density at radius 2 is 1.91 bits per heavy atom. The number of benzene rings is 2. The van der Waals surface area contributed by atoms with Gasteiger partial charge in [-0.1, -0.05) is 54.2 Å². The Bertz CT molecular complexity index is 1410. The van der Waals surface area contributed by atoms with Crippen LogP contribution in [0.3, 0.4) is 0 Å². The molecule has 1 unspecified atom stereocenters. The summed E-state index contributed by atoms with van der Waals surface area (Å²) in [5.74, 6) is 0.696. The molecule has 0 radical (unpaired) electrons. The van der Waals surface area contributed by atoms with Gasteiger partial charge in [0.05, 0.1) is 22.7 Å². The molecule has 0 spiro atoms. The van der Waals surface area contributed by atoms with Gasteiger partial charge in [-0.3, -0.25) is 9.59 Å². The van der Waals surface area contributed by atoms with E-state index < -0.39 is 0 Å². The number of carbonyl (C=O) groups excluding carboxylic acids is 1. The highest BCUT2D eigenvalue weighted by Crippen LogP contribution is 2.34. The minimum Gasteiger partial charge on any atom is -0.338 e. The van der Waals surface area contributed by atoms with Crippen molar-refractivity contribution in [2.24, 2.45) is 0 Å². The van der Waals surface area contributed by atoms with Crippen molar-refractivity contribution in [3.8, 4) is 5.82 Å². The van der Waals surface area contributed by atoms with Gasteiger partial charge in [0, 0.05) is 13.2 Å². The van der Waals surface area contributed by atoms with Crippen LogP contribution in [0.2, 0.25) is 0 Å². The summed E-state index contributed by atoms with van der Waals surface area (Å²) in [6.45, 7) is 1.95. The maximum atomic E-state index is 13.4. The fourth-order valence-electron chi connectivity index (χ4n) is 4.54. The van der Waals surface area contributed by atoms with Crippen LogP contribution in [0.5, 0.6) is 0 Å². The molecule has 0 fully saturated rings. The highest BCUT2D eigenvalue weighted by Gasteiger charge is 2.27. The highest BCUT2D eigenvalue weighted by molar-refractivity contribution is 7.99. The molecule has 4 aromatic rings. The van der Waals surface area contributed by atoms with Gasteiger partial charge in [0.1, 0.15) is 5.82 Å². The average Bonchev–Trinajstić information content (AvgIpc) is 2.87. The fraction of sp³-hybridized carbons (Fsp3) is 0.259. The number of fused-ring (bicyclic) bond motifs is 2. The van der Waals surface area contributed by atoms with Crippen LogP contribution in [-0.4, -0.2) is 38.1 Å². The lowest BCUT2D eigenvalue weighted by Gasteiger charge is -2.33. The molecule has 2 heterocycles. The van der Waals surface area contributed by atoms with E-state index in [4.69, 9.17) is 4.98 Å². The molecule has 1 aliphatic rings. The van der Waals surface area contributed by atoms with E-state index >= 15 is 0 Å². The van der Waals surface area contributed by atoms with Gasteiger partial charge in [-0.05, 0) is 61.1 Å². The van der Waals surface area contributed by atoms with Gasteiger partial charge in [-0.2, -0.15) is 0 Å². The fourth-order valence-corrected chi connectivity index (χ4v) is 5.46. The number of carbonyl (C=O) groups is 1. The zero-order chi connectivity index (χ0) is 23.7. The molecular weight excluding hydrogens is 444 g/mol. The summed E-state index contributed by atoms with van der Waals surface area (Å²) in [5, 5.41) is 0.988. The first kappa shape index (κ1) is 22.3. The van der Waals surface area contributed by atoms with Gasteiger partial charge in [0.15, 0.2) is 5.16 Å². The van der Waals surface area contributed by atoms with E-state index in [0.717, 1.165) is 24.8 Å². The van der Waals surface area contributed by atoms with E-state index in [-0.39, 0.29) is 23.3 Å². The van der Waals surface area contributed by atoms with Crippen LogP contribution < -0.4 is 5.56 Å². The third-order valence-corrected chi connectivity index (χ3v) is 7.32. The standard InChI is InChI=1S/C27H26N4O2S/c1-18-14-15-24(28-16-18)31-26(33)21-11-5-6-12-22(21)29-27(31)34-17-25(32)30(2)23-13-7-9-19-8-3-4-10-20(19)23/h3-6,8,10-12,14-16,23H,7,9,13,17H2,1-2H3. The third-order valence-electron chi connectivity index (χ3n) is 6.39. The van der Waals surface area contributed by atoms with Crippen LogP contribution in [0.4, 0.5) is 0 Å². The minimum absolute atomic E-state index is 0.0116. The minimum atomic E-state index is -0.188. The Hall–Kier alpha value is -3.45. The Morgan fingerprint density at radius 1 is 1.12 bits per heavy atom. The topological polar surface area (TPSA) is 68.1 Å². The van der Waals surface area contributed by atoms with E-state index in [9.17, 15) is 9.59 Å². The average molecular weight is 471 g/mol. The molecule has 0 saturated carbocycles. The van der Waals surface area contributed by atoms with Crippen LogP contribution >= 0.6 is 11.8 Å². The van der Waals surface area contributed by atoms with Crippen molar-refractivity contribution in [3.05, 3.63) is 93.9 Å². The van der Waals surface area contributed by atoms with Crippen LogP contribution in [0.25, 0.3) is 16.7 Å². The quantitative estimate of drug-likeness (QED) is 0.312. The Balaban J connectivity index is 1.45. The zero-order valence-electron chi connectivity index (χ0n) is 19.3. The van der Waals surface area contributed by atoms with E-state index in [2.05, 4.69) is 23.2 Å². The molecule has 0 saturated heterocycles. The van der Waals surface area contributed by atoms with Crippen molar-refractivity contribution in [1.29, 1.82) is 0 Å². The first-order chi connectivity index (χ1) is 16.5. The van der Waals surface area contributed by atoms with Crippen molar-refractivity contribution >= 4 is 28.6 Å². The molecule has 0 bridgehead atoms. The van der Waals surface area contributed by atoms with E-state index in [1.807, 2.05) is 55.3 Å². The van der Waals surface area contributed by atoms with Gasteiger partial charge >= 0.3 is 0 Å². The summed E-state index contributed by atoms with van der Waals surface area (Å²) in [5.41, 5.74) is 3.98. The molecule has 1 atom stereocenters. The summed E-state index contributed by atoms with van der Waals surface area (Å²) in [6.07, 6.45) is 4.80. The van der Waals surface area contributed by atoms with Crippen molar-refractivity contribution < 1.29 is 4.79 Å². The summed E-state index contributed by atoms with van der Waals surface area (Å²) in [7, 11) is 1.87. The van der Waals surface area contributed by atoms with Gasteiger partial charge in [0.25, 0.3) is 5.56 Å². The lowest BCUT2D eigenvalue weighted by molar-refractivity contribution is -0.129. The number of amides is 1. The van der Waals surface area contributed by atoms with Gasteiger partial charge in [0.2, 0.25) is 5.91 Å². The van der Waals surface area contributed by atoms with E-state index in [1.54, 1.807) is 12.3 Å². The second-order valence-corrected chi connectivity index (χ2v) is 9.59. The second-order valence-electron chi connectivity index (χ2n) is 8.65. The van der Waals surface area contributed by atoms with Crippen molar-refractivity contribution in [3.63, 3.8) is 0 Å². The SMILES string of the molecule is Cc1ccc(-n2c(SCC(=O)N(C)C3CCCc4ccccc43)nc3ccccc3c2=O)nc1. The molecule has 1 amide bonds. The predicted octanol–water partition coefficient (Wildman–Crippen LogP) is 4.72. The normalized spacial score (nSPS) is 15.2. The highest BCUT2D eigenvalue weighted by atomic mass is 32.2. The molecule has 0 N–H and O–H groups in total. The summed E-state index contributed by atoms with van der Waals surface area (Å²) in [4.78, 5) is 37.6. The largest absolute Gasteiger partial charge is 0.338 e. The molecule has 0 aliphatic heterocycles. The first-order valence-electron chi connectivity index (χ1n) is 11.4. The number of aryl methyl sites for hydroxylation is 2. The number of hydrogen-bond donors (Lipinski definition) is 0. The molecule has 7 heteroatoms. The van der Waals surface area contributed by atoms with Crippen LogP contribution in [0.15, 0.2) is 76.8 Å². The van der Waals surface area contributed by atoms with Crippen molar-refractivity contribution in [1.82, 2.24) is 19.4 Å². The smallest absolute Gasteiger partial charge is 0.267 e. The summed E-state index contributed by atoms with van der Waals surface area (Å²) >= 11 is 1.28. The molecule has 6 nitrogen and oxygen atoms in total. The number of para-hydroxylation sites is 1. The second kappa shape index (κ2) is 9.43. The first-order valence-corrected chi connectivity index (χ1v) is 12.4. The molecule has 5 rings (SSSR count). The molecule has 172 valence electrons.